The van der Waals surface area contributed by atoms with E-state index in [1.165, 1.54) is 26.2 Å². The average molecular weight is 853 g/mol. The number of nitrogens with one attached hydrogen (secondary N) is 3. The molecule has 0 saturated carbocycles. The summed E-state index contributed by atoms with van der Waals surface area (Å²) < 4.78 is 43.0. The van der Waals surface area contributed by atoms with Gasteiger partial charge in [0, 0.05) is 5.69 Å². The van der Waals surface area contributed by atoms with Gasteiger partial charge in [0.2, 0.25) is 11.8 Å². The molecule has 1 unspecified atom stereocenters. The number of carbonyl (C=O) groups is 6. The lowest BCUT2D eigenvalue weighted by atomic mass is 9.54. The number of anilines is 2. The molecule has 9 rings (SSSR count). The van der Waals surface area contributed by atoms with Crippen molar-refractivity contribution in [2.24, 2.45) is 10.8 Å². The molecule has 0 bridgehead atoms. The maximum atomic E-state index is 15.3. The molecule has 61 heavy (non-hydrogen) atoms. The largest absolute Gasteiger partial charge is 0.463 e. The van der Waals surface area contributed by atoms with E-state index in [1.807, 2.05) is 24.3 Å². The van der Waals surface area contributed by atoms with Crippen molar-refractivity contribution >= 4 is 57.0 Å². The smallest absolute Gasteiger partial charge is 0.311 e. The summed E-state index contributed by atoms with van der Waals surface area (Å²) in [6, 6.07) is 17.2. The fourth-order valence-corrected chi connectivity index (χ4v) is 12.1. The van der Waals surface area contributed by atoms with Crippen molar-refractivity contribution < 1.29 is 46.7 Å². The van der Waals surface area contributed by atoms with Gasteiger partial charge in [-0.05, 0) is 89.8 Å². The third-order valence-corrected chi connectivity index (χ3v) is 14.9. The number of para-hydroxylation sites is 2. The molecule has 6 heterocycles. The van der Waals surface area contributed by atoms with Crippen molar-refractivity contribution in [3.8, 4) is 0 Å². The Labute approximate surface area is 353 Å². The number of fused-ring (bicyclic) bond motifs is 11. The highest BCUT2D eigenvalue weighted by atomic mass is 32.2. The number of nitrogens with zero attached hydrogens (tertiary/aromatic N) is 3. The Balaban J connectivity index is 1.25. The van der Waals surface area contributed by atoms with Crippen LogP contribution >= 0.6 is 0 Å². The van der Waals surface area contributed by atoms with Crippen molar-refractivity contribution in [2.75, 3.05) is 22.8 Å². The Morgan fingerprint density at radius 1 is 0.656 bits per heavy atom. The number of hydrogen-bond acceptors (Lipinski definition) is 11. The predicted molar refractivity (Wildman–Crippen MR) is 219 cm³/mol. The van der Waals surface area contributed by atoms with Crippen molar-refractivity contribution in [3.05, 3.63) is 90.0 Å². The van der Waals surface area contributed by atoms with Crippen LogP contribution < -0.4 is 20.3 Å². The summed E-state index contributed by atoms with van der Waals surface area (Å²) in [5, 5.41) is 9.10. The summed E-state index contributed by atoms with van der Waals surface area (Å²) in [6.45, 7) is 9.11. The number of piperazine rings is 2. The maximum Gasteiger partial charge on any atom is 0.311 e. The quantitative estimate of drug-likeness (QED) is 0.295. The van der Waals surface area contributed by atoms with Crippen LogP contribution in [0.3, 0.4) is 0 Å². The zero-order valence-electron chi connectivity index (χ0n) is 34.6. The number of rotatable bonds is 7. The van der Waals surface area contributed by atoms with Crippen LogP contribution in [0.25, 0.3) is 0 Å². The maximum absolute atomic E-state index is 15.3. The van der Waals surface area contributed by atoms with Gasteiger partial charge in [0.15, 0.2) is 0 Å². The van der Waals surface area contributed by atoms with Crippen LogP contribution in [-0.4, -0.2) is 103 Å². The van der Waals surface area contributed by atoms with Gasteiger partial charge in [0.05, 0.1) is 32.2 Å². The highest BCUT2D eigenvalue weighted by molar-refractivity contribution is 7.93. The minimum Gasteiger partial charge on any atom is -0.463 e. The molecule has 320 valence electrons. The Kier molecular flexibility index (Phi) is 8.96. The SMILES string of the molecule is CC(C)(C)C(=O)OC[C@@H]1NC(=O)[C@@H]2C[C@]3(C45C[C@H]6C(=O)N[C@@H](COC(=O)C(C)(C)C)C(=O)N6[C@H]4N(S(=O)(=O)c4ccccc4)c4ccccc45)c4ccccc4N[C@@H]3N2C1=O. The van der Waals surface area contributed by atoms with Crippen LogP contribution in [-0.2, 0) is 59.1 Å². The fraction of sp³-hybridized carbons (Fsp3) is 0.455. The van der Waals surface area contributed by atoms with E-state index in [0.29, 0.717) is 16.8 Å². The first-order chi connectivity index (χ1) is 28.7. The average Bonchev–Trinajstić information content (AvgIpc) is 3.93. The van der Waals surface area contributed by atoms with E-state index in [-0.39, 0.29) is 23.4 Å². The minimum atomic E-state index is -4.53. The number of hydrogen-bond donors (Lipinski definition) is 3. The molecule has 3 aromatic carbocycles. The monoisotopic (exact) mass is 852 g/mol. The van der Waals surface area contributed by atoms with Gasteiger partial charge in [-0.25, -0.2) is 12.7 Å². The number of amides is 4. The molecule has 3 N–H and O–H groups in total. The topological polar surface area (TPSA) is 201 Å². The normalized spacial score (nSPS) is 30.0. The van der Waals surface area contributed by atoms with Gasteiger partial charge >= 0.3 is 11.9 Å². The first-order valence-electron chi connectivity index (χ1n) is 20.4. The Bertz CT molecular complexity index is 2520. The molecule has 8 atom stereocenters. The van der Waals surface area contributed by atoms with Crippen molar-refractivity contribution in [2.45, 2.75) is 107 Å². The van der Waals surface area contributed by atoms with Gasteiger partial charge in [0.25, 0.3) is 21.8 Å². The van der Waals surface area contributed by atoms with Crippen LogP contribution in [0.2, 0.25) is 0 Å². The van der Waals surface area contributed by atoms with E-state index in [2.05, 4.69) is 16.0 Å². The molecule has 6 aliphatic rings. The van der Waals surface area contributed by atoms with Crippen molar-refractivity contribution in [1.29, 1.82) is 0 Å². The number of sulfonamides is 1. The number of carbonyl (C=O) groups excluding carboxylic acids is 6. The van der Waals surface area contributed by atoms with Gasteiger partial charge in [-0.3, -0.25) is 28.8 Å². The summed E-state index contributed by atoms with van der Waals surface area (Å²) >= 11 is 0. The Morgan fingerprint density at radius 3 is 1.74 bits per heavy atom. The fourth-order valence-electron chi connectivity index (χ4n) is 10.5. The first kappa shape index (κ1) is 40.4. The second kappa shape index (κ2) is 13.5. The van der Waals surface area contributed by atoms with Crippen molar-refractivity contribution in [1.82, 2.24) is 20.4 Å². The van der Waals surface area contributed by atoms with Crippen LogP contribution in [0.15, 0.2) is 83.8 Å². The summed E-state index contributed by atoms with van der Waals surface area (Å²) in [7, 11) is -4.53. The predicted octanol–water partition coefficient (Wildman–Crippen LogP) is 2.53. The molecule has 0 aromatic heterocycles. The Morgan fingerprint density at radius 2 is 1.15 bits per heavy atom. The van der Waals surface area contributed by atoms with Gasteiger partial charge in [-0.1, -0.05) is 54.6 Å². The molecule has 0 radical (unpaired) electrons. The van der Waals surface area contributed by atoms with E-state index < -0.39 is 117 Å². The Hall–Kier alpha value is -5.97. The second-order valence-electron chi connectivity index (χ2n) is 18.8. The molecule has 4 saturated heterocycles. The van der Waals surface area contributed by atoms with Crippen LogP contribution in [0.1, 0.15) is 65.5 Å². The van der Waals surface area contributed by atoms with E-state index in [0.717, 1.165) is 0 Å². The summed E-state index contributed by atoms with van der Waals surface area (Å²) in [4.78, 5) is 87.3. The highest BCUT2D eigenvalue weighted by Crippen LogP contribution is 2.70. The summed E-state index contributed by atoms with van der Waals surface area (Å²) in [6.07, 6.45) is -2.55. The van der Waals surface area contributed by atoms with Crippen molar-refractivity contribution in [3.63, 3.8) is 0 Å². The van der Waals surface area contributed by atoms with Gasteiger partial charge in [0.1, 0.15) is 49.7 Å². The standard InChI is InChI=1S/C44H48N6O10S/c1-41(2,3)39(55)59-22-28-35(53)48-31(33(51)45-28)20-43(25-16-10-12-18-27(25)47-37(43)48)44-21-32-34(52)46-29(23-60-40(56)42(4,5)6)36(54)49(32)38(44)50(30-19-13-11-17-26(30)44)61(57,58)24-14-8-7-9-15-24/h7-19,28-29,31-32,37-38,47H,20-23H2,1-6H3,(H,45,51)(H,46,52)/t28-,29-,31-,32-,37+,38-,43-,44?/m0/s1. The number of esters is 2. The molecule has 3 aromatic rings. The zero-order valence-corrected chi connectivity index (χ0v) is 35.4. The molecule has 16 nitrogen and oxygen atoms in total. The lowest BCUT2D eigenvalue weighted by molar-refractivity contribution is -0.160. The molecule has 17 heteroatoms. The molecule has 4 fully saturated rings. The first-order valence-corrected chi connectivity index (χ1v) is 21.8. The lowest BCUT2D eigenvalue weighted by Crippen LogP contribution is -2.69. The van der Waals surface area contributed by atoms with Crippen LogP contribution in [0, 0.1) is 10.8 Å². The molecule has 6 aliphatic heterocycles. The van der Waals surface area contributed by atoms with Crippen LogP contribution in [0.4, 0.5) is 11.4 Å². The number of benzene rings is 3. The third kappa shape index (κ3) is 5.64. The molecular weight excluding hydrogens is 805 g/mol. The van der Waals surface area contributed by atoms with Gasteiger partial charge < -0.3 is 35.2 Å². The highest BCUT2D eigenvalue weighted by Gasteiger charge is 2.80. The molecule has 4 amide bonds. The minimum absolute atomic E-state index is 0.0270. The van der Waals surface area contributed by atoms with Gasteiger partial charge in [-0.2, -0.15) is 0 Å². The zero-order chi connectivity index (χ0) is 43.6. The third-order valence-electron chi connectivity index (χ3n) is 13.1. The lowest BCUT2D eigenvalue weighted by Gasteiger charge is -2.49. The number of ether oxygens (including phenoxy) is 2. The molecule has 0 spiro atoms. The van der Waals surface area contributed by atoms with E-state index in [9.17, 15) is 24.0 Å². The summed E-state index contributed by atoms with van der Waals surface area (Å²) in [5.41, 5.74) is -2.57. The van der Waals surface area contributed by atoms with E-state index >= 15 is 13.2 Å². The summed E-state index contributed by atoms with van der Waals surface area (Å²) in [5.74, 6) is -3.39. The van der Waals surface area contributed by atoms with Crippen LogP contribution in [0.5, 0.6) is 0 Å². The van der Waals surface area contributed by atoms with E-state index in [1.54, 1.807) is 84.0 Å². The molecular formula is C44H48N6O10S. The molecule has 0 aliphatic carbocycles. The van der Waals surface area contributed by atoms with E-state index in [4.69, 9.17) is 9.47 Å². The second-order valence-corrected chi connectivity index (χ2v) is 20.6. The van der Waals surface area contributed by atoms with Gasteiger partial charge in [-0.15, -0.1) is 0 Å².